The van der Waals surface area contributed by atoms with Crippen molar-refractivity contribution < 1.29 is 4.79 Å². The van der Waals surface area contributed by atoms with Gasteiger partial charge in [-0.3, -0.25) is 9.69 Å². The third-order valence-corrected chi connectivity index (χ3v) is 3.44. The Kier molecular flexibility index (Phi) is 3.92. The van der Waals surface area contributed by atoms with Crippen molar-refractivity contribution in [3.63, 3.8) is 0 Å². The van der Waals surface area contributed by atoms with Crippen LogP contribution < -0.4 is 5.32 Å². The van der Waals surface area contributed by atoms with Gasteiger partial charge in [0.15, 0.2) is 0 Å². The zero-order valence-electron chi connectivity index (χ0n) is 11.9. The first kappa shape index (κ1) is 13.7. The van der Waals surface area contributed by atoms with Crippen LogP contribution in [0.3, 0.4) is 0 Å². The van der Waals surface area contributed by atoms with Gasteiger partial charge in [0.2, 0.25) is 11.9 Å². The Morgan fingerprint density at radius 1 is 1.43 bits per heavy atom. The number of nitrogens with zero attached hydrogens (tertiary/aromatic N) is 5. The van der Waals surface area contributed by atoms with Crippen LogP contribution in [-0.4, -0.2) is 49.7 Å². The number of hydrogen-bond acceptors (Lipinski definition) is 5. The van der Waals surface area contributed by atoms with E-state index in [0.717, 1.165) is 6.54 Å². The maximum absolute atomic E-state index is 12.0. The molecule has 0 aromatic carbocycles. The molecule has 21 heavy (non-hydrogen) atoms. The molecule has 1 amide bonds. The number of carbonyl (C=O) groups excluding carboxylic acids is 1. The van der Waals surface area contributed by atoms with Gasteiger partial charge in [0.1, 0.15) is 0 Å². The van der Waals surface area contributed by atoms with E-state index in [0.29, 0.717) is 24.2 Å². The van der Waals surface area contributed by atoms with E-state index in [2.05, 4.69) is 32.2 Å². The first-order valence-corrected chi connectivity index (χ1v) is 7.12. The van der Waals surface area contributed by atoms with Gasteiger partial charge in [-0.25, -0.2) is 14.6 Å². The molecule has 1 saturated carbocycles. The zero-order chi connectivity index (χ0) is 14.7. The molecule has 1 N–H and O–H groups in total. The van der Waals surface area contributed by atoms with Gasteiger partial charge < -0.3 is 5.32 Å². The van der Waals surface area contributed by atoms with Crippen LogP contribution in [0.15, 0.2) is 30.9 Å². The van der Waals surface area contributed by atoms with Crippen LogP contribution in [0.2, 0.25) is 0 Å². The topological polar surface area (TPSA) is 75.9 Å². The van der Waals surface area contributed by atoms with E-state index in [1.165, 1.54) is 17.5 Å². The summed E-state index contributed by atoms with van der Waals surface area (Å²) in [6.45, 7) is 3.40. The predicted molar refractivity (Wildman–Crippen MR) is 78.1 cm³/mol. The molecule has 7 nitrogen and oxygen atoms in total. The molecule has 3 rings (SSSR count). The summed E-state index contributed by atoms with van der Waals surface area (Å²) in [6.07, 6.45) is 9.01. The summed E-state index contributed by atoms with van der Waals surface area (Å²) in [5.74, 6) is 0.462. The molecule has 0 atom stereocenters. The number of aromatic nitrogens is 4. The molecule has 1 aliphatic carbocycles. The highest BCUT2D eigenvalue weighted by Crippen LogP contribution is 2.26. The molecule has 2 heterocycles. The van der Waals surface area contributed by atoms with Crippen molar-refractivity contribution in [3.05, 3.63) is 30.9 Å². The van der Waals surface area contributed by atoms with Gasteiger partial charge in [-0.15, -0.1) is 0 Å². The van der Waals surface area contributed by atoms with Crippen LogP contribution >= 0.6 is 0 Å². The summed E-state index contributed by atoms with van der Waals surface area (Å²) in [4.78, 5) is 22.4. The van der Waals surface area contributed by atoms with Crippen LogP contribution in [-0.2, 0) is 4.79 Å². The van der Waals surface area contributed by atoms with E-state index in [-0.39, 0.29) is 5.91 Å². The van der Waals surface area contributed by atoms with E-state index in [1.807, 2.05) is 0 Å². The summed E-state index contributed by atoms with van der Waals surface area (Å²) in [5.41, 5.74) is 0.652. The average molecular weight is 286 g/mol. The fraction of sp³-hybridized carbons (Fsp3) is 0.429. The predicted octanol–water partition coefficient (Wildman–Crippen LogP) is 1.09. The molecule has 0 bridgehead atoms. The van der Waals surface area contributed by atoms with Crippen LogP contribution in [0.1, 0.15) is 19.8 Å². The van der Waals surface area contributed by atoms with Crippen molar-refractivity contribution in [1.29, 1.82) is 0 Å². The molecule has 0 unspecified atom stereocenters. The minimum atomic E-state index is -0.0164. The first-order valence-electron chi connectivity index (χ1n) is 7.12. The van der Waals surface area contributed by atoms with Gasteiger partial charge in [0, 0.05) is 18.4 Å². The molecule has 0 saturated heterocycles. The summed E-state index contributed by atoms with van der Waals surface area (Å²) >= 11 is 0. The number of amides is 1. The Hall–Kier alpha value is -2.28. The van der Waals surface area contributed by atoms with Crippen LogP contribution in [0.4, 0.5) is 5.69 Å². The van der Waals surface area contributed by atoms with E-state index >= 15 is 0 Å². The molecule has 0 radical (unpaired) electrons. The Morgan fingerprint density at radius 3 is 2.86 bits per heavy atom. The fourth-order valence-electron chi connectivity index (χ4n) is 2.23. The monoisotopic (exact) mass is 286 g/mol. The number of nitrogens with one attached hydrogen (secondary N) is 1. The van der Waals surface area contributed by atoms with Gasteiger partial charge in [-0.2, -0.15) is 5.10 Å². The third-order valence-electron chi connectivity index (χ3n) is 3.44. The van der Waals surface area contributed by atoms with Crippen LogP contribution in [0, 0.1) is 0 Å². The number of hydrogen-bond donors (Lipinski definition) is 1. The molecular weight excluding hydrogens is 268 g/mol. The first-order chi connectivity index (χ1) is 10.3. The summed E-state index contributed by atoms with van der Waals surface area (Å²) in [7, 11) is 0. The molecule has 110 valence electrons. The summed E-state index contributed by atoms with van der Waals surface area (Å²) in [5, 5.41) is 7.01. The number of anilines is 1. The van der Waals surface area contributed by atoms with Gasteiger partial charge >= 0.3 is 0 Å². The highest BCUT2D eigenvalue weighted by atomic mass is 16.2. The van der Waals surface area contributed by atoms with Gasteiger partial charge in [-0.1, -0.05) is 6.92 Å². The molecular formula is C14H18N6O. The molecule has 1 aliphatic rings. The molecule has 2 aromatic rings. The van der Waals surface area contributed by atoms with Gasteiger partial charge in [0.25, 0.3) is 0 Å². The molecule has 7 heteroatoms. The van der Waals surface area contributed by atoms with Crippen LogP contribution in [0.25, 0.3) is 5.95 Å². The SMILES string of the molecule is CCN(CC(=O)Nc1cnn(-c2ncccn2)c1)C1CC1. The lowest BCUT2D eigenvalue weighted by molar-refractivity contribution is -0.117. The lowest BCUT2D eigenvalue weighted by atomic mass is 10.4. The second-order valence-corrected chi connectivity index (χ2v) is 5.06. The Balaban J connectivity index is 1.60. The molecule has 0 aliphatic heterocycles. The number of likely N-dealkylation sites (N-methyl/N-ethyl adjacent to an activating group) is 1. The normalized spacial score (nSPS) is 14.4. The van der Waals surface area contributed by atoms with Crippen molar-refractivity contribution in [3.8, 4) is 5.95 Å². The third kappa shape index (κ3) is 3.43. The van der Waals surface area contributed by atoms with Gasteiger partial charge in [-0.05, 0) is 25.5 Å². The minimum absolute atomic E-state index is 0.0164. The van der Waals surface area contributed by atoms with E-state index < -0.39 is 0 Å². The second kappa shape index (κ2) is 6.01. The smallest absolute Gasteiger partial charge is 0.250 e. The van der Waals surface area contributed by atoms with Crippen molar-refractivity contribution >= 4 is 11.6 Å². The minimum Gasteiger partial charge on any atom is -0.322 e. The standard InChI is InChI=1S/C14H18N6O/c1-2-19(12-4-5-12)10-13(21)18-11-8-17-20(9-11)14-15-6-3-7-16-14/h3,6-9,12H,2,4-5,10H2,1H3,(H,18,21). The second-order valence-electron chi connectivity index (χ2n) is 5.06. The zero-order valence-corrected chi connectivity index (χ0v) is 11.9. The Labute approximate surface area is 123 Å². The lowest BCUT2D eigenvalue weighted by Gasteiger charge is -2.18. The van der Waals surface area contributed by atoms with Crippen LogP contribution in [0.5, 0.6) is 0 Å². The molecule has 2 aromatic heterocycles. The van der Waals surface area contributed by atoms with E-state index in [1.54, 1.807) is 30.9 Å². The van der Waals surface area contributed by atoms with Crippen molar-refractivity contribution in [2.75, 3.05) is 18.4 Å². The van der Waals surface area contributed by atoms with Gasteiger partial charge in [0.05, 0.1) is 24.6 Å². The average Bonchev–Trinajstić information content (AvgIpc) is 3.25. The molecule has 0 spiro atoms. The van der Waals surface area contributed by atoms with Crippen molar-refractivity contribution in [1.82, 2.24) is 24.6 Å². The number of rotatable bonds is 6. The highest BCUT2D eigenvalue weighted by Gasteiger charge is 2.28. The maximum atomic E-state index is 12.0. The van der Waals surface area contributed by atoms with E-state index in [9.17, 15) is 4.79 Å². The fourth-order valence-corrected chi connectivity index (χ4v) is 2.23. The summed E-state index contributed by atoms with van der Waals surface area (Å²) < 4.78 is 1.54. The Morgan fingerprint density at radius 2 is 2.19 bits per heavy atom. The van der Waals surface area contributed by atoms with E-state index in [4.69, 9.17) is 0 Å². The molecule has 1 fully saturated rings. The highest BCUT2D eigenvalue weighted by molar-refractivity contribution is 5.92. The van der Waals surface area contributed by atoms with Crippen molar-refractivity contribution in [2.24, 2.45) is 0 Å². The number of carbonyl (C=O) groups is 1. The summed E-state index contributed by atoms with van der Waals surface area (Å²) in [6, 6.07) is 2.33. The quantitative estimate of drug-likeness (QED) is 0.860. The Bertz CT molecular complexity index is 607. The lowest BCUT2D eigenvalue weighted by Crippen LogP contribution is -2.34. The maximum Gasteiger partial charge on any atom is 0.250 e. The van der Waals surface area contributed by atoms with Crippen molar-refractivity contribution in [2.45, 2.75) is 25.8 Å². The largest absolute Gasteiger partial charge is 0.322 e.